The van der Waals surface area contributed by atoms with Crippen molar-refractivity contribution in [3.05, 3.63) is 243 Å². The summed E-state index contributed by atoms with van der Waals surface area (Å²) in [5.41, 5.74) is 7.63. The van der Waals surface area contributed by atoms with Gasteiger partial charge in [-0.1, -0.05) is 192 Å². The number of rotatable bonds is 2. The zero-order valence-corrected chi connectivity index (χ0v) is 36.4. The number of benzene rings is 9. The Labute approximate surface area is 377 Å². The molecule has 0 aromatic heterocycles. The molecule has 4 heteroatoms. The first-order valence-electron chi connectivity index (χ1n) is 21.9. The fraction of sp³-hybridized carbons (Fsp3) is 0.0847. The van der Waals surface area contributed by atoms with E-state index in [1.807, 2.05) is 30.3 Å². The zero-order chi connectivity index (χ0) is 42.1. The molecule has 9 aromatic carbocycles. The molecule has 63 heavy (non-hydrogen) atoms. The van der Waals surface area contributed by atoms with Crippen molar-refractivity contribution in [3.63, 3.8) is 0 Å². The average molecular weight is 877 g/mol. The molecule has 4 unspecified atom stereocenters. The Bertz CT molecular complexity index is 3150. The summed E-state index contributed by atoms with van der Waals surface area (Å²) < 4.78 is 1.13. The van der Waals surface area contributed by atoms with Crippen molar-refractivity contribution in [3.8, 4) is 0 Å². The highest BCUT2D eigenvalue weighted by Gasteiger charge is 2.40. The lowest BCUT2D eigenvalue weighted by Gasteiger charge is -2.49. The molecular formula is C59H46BrN3. The average Bonchev–Trinajstić information content (AvgIpc) is 3.33. The maximum Gasteiger partial charge on any atom is 0.0775 e. The minimum absolute atomic E-state index is 0.158. The largest absolute Gasteiger partial charge is 0.378 e. The fourth-order valence-corrected chi connectivity index (χ4v) is 10.1. The van der Waals surface area contributed by atoms with Crippen LogP contribution in [0.4, 0.5) is 28.4 Å². The van der Waals surface area contributed by atoms with Crippen LogP contribution in [-0.4, -0.2) is 18.1 Å². The molecule has 9 aromatic rings. The molecule has 1 N–H and O–H groups in total. The molecule has 4 aliphatic rings. The van der Waals surface area contributed by atoms with Crippen LogP contribution in [0, 0.1) is 5.92 Å². The van der Waals surface area contributed by atoms with E-state index in [9.17, 15) is 0 Å². The molecular weight excluding hydrogens is 831 g/mol. The normalized spacial score (nSPS) is 18.4. The SMILES string of the molecule is Brc1ccccc1.C1=c2ccccc2=CC2C1N(c1ccccc1)c1cc3ccccc3cc1N2c1ccccc1.C1=c2ccccc2=CC2Nc3cc4ccccc4cc3CC12. The molecule has 4 atom stereocenters. The van der Waals surface area contributed by atoms with Crippen molar-refractivity contribution in [1.82, 2.24) is 0 Å². The summed E-state index contributed by atoms with van der Waals surface area (Å²) >= 11 is 3.31. The Morgan fingerprint density at radius 1 is 0.397 bits per heavy atom. The molecule has 0 radical (unpaired) electrons. The molecule has 0 saturated heterocycles. The van der Waals surface area contributed by atoms with E-state index >= 15 is 0 Å². The molecule has 2 aliphatic heterocycles. The van der Waals surface area contributed by atoms with Crippen LogP contribution in [0.25, 0.3) is 45.8 Å². The Hall–Kier alpha value is -7.14. The second kappa shape index (κ2) is 17.0. The lowest BCUT2D eigenvalue weighted by Crippen LogP contribution is -2.55. The Balaban J connectivity index is 0.000000130. The van der Waals surface area contributed by atoms with Gasteiger partial charge in [-0.25, -0.2) is 0 Å². The molecule has 3 nitrogen and oxygen atoms in total. The molecule has 0 spiro atoms. The Kier molecular flexibility index (Phi) is 10.4. The second-order valence-electron chi connectivity index (χ2n) is 16.7. The van der Waals surface area contributed by atoms with Gasteiger partial charge < -0.3 is 15.1 Å². The third-order valence-corrected chi connectivity index (χ3v) is 13.3. The quantitative estimate of drug-likeness (QED) is 0.187. The third kappa shape index (κ3) is 7.73. The summed E-state index contributed by atoms with van der Waals surface area (Å²) in [7, 11) is 0. The van der Waals surface area contributed by atoms with Crippen molar-refractivity contribution >= 4 is 90.2 Å². The number of nitrogens with one attached hydrogen (secondary N) is 1. The van der Waals surface area contributed by atoms with Gasteiger partial charge in [0, 0.05) is 27.5 Å². The monoisotopic (exact) mass is 875 g/mol. The van der Waals surface area contributed by atoms with Gasteiger partial charge in [0.05, 0.1) is 29.5 Å². The van der Waals surface area contributed by atoms with Crippen LogP contribution >= 0.6 is 15.9 Å². The van der Waals surface area contributed by atoms with Crippen molar-refractivity contribution < 1.29 is 0 Å². The van der Waals surface area contributed by atoms with Gasteiger partial charge in [-0.3, -0.25) is 0 Å². The standard InChI is InChI=1S/C32H24N2.C21H17N.C6H5Br/c1-3-15-27(16-4-1)33-29-19-23-11-7-9-13-25(23)21-31(29)34(28-17-5-2-6-18-28)32-22-26-14-10-8-12-24(26)20-30(32)33;1-3-7-16-12-20-18(9-14(16)5-1)11-19-10-15-6-2-4-8-17(15)13-21(19)22-20;7-6-4-2-1-3-5-6/h1-22,29,31H;1-10,12-13,18,20,22H,11H2;1-5H. The lowest BCUT2D eigenvalue weighted by molar-refractivity contribution is 0.624. The van der Waals surface area contributed by atoms with Gasteiger partial charge in [-0.05, 0) is 115 Å². The first-order chi connectivity index (χ1) is 31.1. The number of para-hydroxylation sites is 2. The van der Waals surface area contributed by atoms with Crippen LogP contribution in [0.15, 0.2) is 217 Å². The minimum atomic E-state index is 0.158. The van der Waals surface area contributed by atoms with Crippen LogP contribution in [0.3, 0.4) is 0 Å². The van der Waals surface area contributed by atoms with Gasteiger partial charge in [-0.15, -0.1) is 0 Å². The van der Waals surface area contributed by atoms with Crippen LogP contribution in [-0.2, 0) is 6.42 Å². The summed E-state index contributed by atoms with van der Waals surface area (Å²) in [4.78, 5) is 5.05. The first kappa shape index (κ1) is 38.8. The molecule has 2 heterocycles. The number of hydrogen-bond donors (Lipinski definition) is 1. The molecule has 304 valence electrons. The smallest absolute Gasteiger partial charge is 0.0775 e. The summed E-state index contributed by atoms with van der Waals surface area (Å²) in [5, 5.41) is 14.2. The zero-order valence-electron chi connectivity index (χ0n) is 34.8. The number of fused-ring (bicyclic) bond motifs is 8. The van der Waals surface area contributed by atoms with E-state index in [0.29, 0.717) is 12.0 Å². The van der Waals surface area contributed by atoms with E-state index in [1.165, 1.54) is 76.4 Å². The maximum atomic E-state index is 3.75. The van der Waals surface area contributed by atoms with Gasteiger partial charge in [0.25, 0.3) is 0 Å². The summed E-state index contributed by atoms with van der Waals surface area (Å²) in [5.74, 6) is 0.545. The predicted molar refractivity (Wildman–Crippen MR) is 271 cm³/mol. The number of anilines is 5. The summed E-state index contributed by atoms with van der Waals surface area (Å²) in [6, 6.07) is 76.4. The number of hydrogen-bond acceptors (Lipinski definition) is 3. The van der Waals surface area contributed by atoms with E-state index in [0.717, 1.165) is 10.9 Å². The summed E-state index contributed by atoms with van der Waals surface area (Å²) in [6.07, 6.45) is 10.8. The number of nitrogens with zero attached hydrogens (tertiary/aromatic N) is 2. The van der Waals surface area contributed by atoms with Crippen molar-refractivity contribution in [2.75, 3.05) is 15.1 Å². The Morgan fingerprint density at radius 2 is 0.794 bits per heavy atom. The van der Waals surface area contributed by atoms with Gasteiger partial charge in [-0.2, -0.15) is 0 Å². The van der Waals surface area contributed by atoms with Crippen molar-refractivity contribution in [1.29, 1.82) is 0 Å². The predicted octanol–water partition coefficient (Wildman–Crippen LogP) is 11.7. The molecule has 0 bridgehead atoms. The maximum absolute atomic E-state index is 3.75. The van der Waals surface area contributed by atoms with Crippen molar-refractivity contribution in [2.45, 2.75) is 24.5 Å². The topological polar surface area (TPSA) is 18.5 Å². The van der Waals surface area contributed by atoms with Crippen LogP contribution in [0.1, 0.15) is 5.56 Å². The Morgan fingerprint density at radius 3 is 1.27 bits per heavy atom. The second-order valence-corrected chi connectivity index (χ2v) is 17.6. The number of halogens is 1. The third-order valence-electron chi connectivity index (χ3n) is 12.8. The summed E-state index contributed by atoms with van der Waals surface area (Å²) in [6.45, 7) is 0. The van der Waals surface area contributed by atoms with E-state index in [2.05, 4.69) is 237 Å². The highest BCUT2D eigenvalue weighted by molar-refractivity contribution is 9.10. The van der Waals surface area contributed by atoms with Gasteiger partial charge in [0.1, 0.15) is 0 Å². The highest BCUT2D eigenvalue weighted by Crippen LogP contribution is 2.48. The van der Waals surface area contributed by atoms with Gasteiger partial charge in [0.2, 0.25) is 0 Å². The van der Waals surface area contributed by atoms with Crippen LogP contribution in [0.2, 0.25) is 0 Å². The molecule has 0 amide bonds. The molecule has 0 fully saturated rings. The highest BCUT2D eigenvalue weighted by atomic mass is 79.9. The molecule has 13 rings (SSSR count). The minimum Gasteiger partial charge on any atom is -0.378 e. The van der Waals surface area contributed by atoms with Gasteiger partial charge in [0.15, 0.2) is 0 Å². The van der Waals surface area contributed by atoms with Crippen LogP contribution < -0.4 is 36.0 Å². The van der Waals surface area contributed by atoms with Gasteiger partial charge >= 0.3 is 0 Å². The molecule has 0 saturated carbocycles. The van der Waals surface area contributed by atoms with E-state index < -0.39 is 0 Å². The van der Waals surface area contributed by atoms with E-state index in [-0.39, 0.29) is 12.1 Å². The lowest BCUT2D eigenvalue weighted by atomic mass is 9.83. The fourth-order valence-electron chi connectivity index (χ4n) is 9.80. The first-order valence-corrected chi connectivity index (χ1v) is 22.7. The van der Waals surface area contributed by atoms with E-state index in [1.54, 1.807) is 0 Å². The molecule has 2 aliphatic carbocycles. The van der Waals surface area contributed by atoms with E-state index in [4.69, 9.17) is 0 Å². The van der Waals surface area contributed by atoms with Crippen LogP contribution in [0.5, 0.6) is 0 Å². The van der Waals surface area contributed by atoms with Crippen molar-refractivity contribution in [2.24, 2.45) is 5.92 Å².